The van der Waals surface area contributed by atoms with Gasteiger partial charge in [0, 0.05) is 31.6 Å². The average molecular weight is 531 g/mol. The molecule has 0 spiro atoms. The molecule has 0 aliphatic carbocycles. The number of hydrogen-bond acceptors (Lipinski definition) is 2. The highest BCUT2D eigenvalue weighted by Crippen LogP contribution is 2.21. The van der Waals surface area contributed by atoms with Crippen molar-refractivity contribution >= 4 is 21.5 Å². The zero-order valence-electron chi connectivity index (χ0n) is 25.5. The fraction of sp³-hybridized carbons (Fsp3) is 0.316. The molecule has 0 aromatic heterocycles. The summed E-state index contributed by atoms with van der Waals surface area (Å²) in [5, 5.41) is 5.24. The summed E-state index contributed by atoms with van der Waals surface area (Å²) in [6.07, 6.45) is 6.60. The average Bonchev–Trinajstić information content (AvgIpc) is 2.94. The van der Waals surface area contributed by atoms with Crippen LogP contribution >= 0.6 is 0 Å². The van der Waals surface area contributed by atoms with E-state index in [4.69, 9.17) is 0 Å². The summed E-state index contributed by atoms with van der Waals surface area (Å²) in [5.41, 5.74) is 3.92. The molecule has 0 unspecified atom stereocenters. The van der Waals surface area contributed by atoms with Crippen molar-refractivity contribution in [1.29, 1.82) is 0 Å². The third kappa shape index (κ3) is 9.53. The van der Waals surface area contributed by atoms with E-state index in [-0.39, 0.29) is 5.41 Å². The fourth-order valence-corrected chi connectivity index (χ4v) is 4.75. The topological polar surface area (TPSA) is 6.48 Å². The summed E-state index contributed by atoms with van der Waals surface area (Å²) in [7, 11) is 4.37. The van der Waals surface area contributed by atoms with Gasteiger partial charge in [0.2, 0.25) is 0 Å². The molecule has 4 rings (SSSR count). The second-order valence-corrected chi connectivity index (χ2v) is 11.3. The van der Waals surface area contributed by atoms with Crippen LogP contribution in [0.4, 0.5) is 0 Å². The monoisotopic (exact) mass is 530 g/mol. The summed E-state index contributed by atoms with van der Waals surface area (Å²) in [5.74, 6) is 6.68. The van der Waals surface area contributed by atoms with E-state index >= 15 is 0 Å². The SMILES string of the molecule is CC.CN(C/C=C/C(=C\C#CC(C)(C)C)CN(C)Cc1cccc2ccccc12)Cc1cccc2ccccc12. The molecule has 0 heterocycles. The van der Waals surface area contributed by atoms with Crippen molar-refractivity contribution in [2.75, 3.05) is 27.2 Å². The van der Waals surface area contributed by atoms with Crippen LogP contribution in [-0.2, 0) is 13.1 Å². The molecule has 0 aliphatic rings. The number of nitrogens with zero attached hydrogens (tertiary/aromatic N) is 2. The van der Waals surface area contributed by atoms with Crippen LogP contribution in [-0.4, -0.2) is 37.0 Å². The van der Waals surface area contributed by atoms with Gasteiger partial charge in [-0.1, -0.05) is 123 Å². The Kier molecular flexibility index (Phi) is 11.8. The highest BCUT2D eigenvalue weighted by Gasteiger charge is 2.07. The lowest BCUT2D eigenvalue weighted by Gasteiger charge is -2.19. The lowest BCUT2D eigenvalue weighted by Crippen LogP contribution is -2.21. The molecular weight excluding hydrogens is 484 g/mol. The summed E-state index contributed by atoms with van der Waals surface area (Å²) < 4.78 is 0. The van der Waals surface area contributed by atoms with E-state index in [0.717, 1.165) is 26.2 Å². The third-order valence-corrected chi connectivity index (χ3v) is 6.55. The molecule has 208 valence electrons. The predicted octanol–water partition coefficient (Wildman–Crippen LogP) is 9.12. The van der Waals surface area contributed by atoms with Crippen molar-refractivity contribution in [3.05, 3.63) is 120 Å². The Hall–Kier alpha value is -3.64. The van der Waals surface area contributed by atoms with Crippen LogP contribution in [0.3, 0.4) is 0 Å². The van der Waals surface area contributed by atoms with Crippen molar-refractivity contribution in [2.45, 2.75) is 47.7 Å². The van der Waals surface area contributed by atoms with Crippen LogP contribution in [0.2, 0.25) is 0 Å². The molecule has 2 heteroatoms. The molecule has 0 atom stereocenters. The lowest BCUT2D eigenvalue weighted by molar-refractivity contribution is 0.357. The largest absolute Gasteiger partial charge is 0.298 e. The van der Waals surface area contributed by atoms with Crippen molar-refractivity contribution in [3.63, 3.8) is 0 Å². The normalized spacial score (nSPS) is 12.1. The molecule has 2 nitrogen and oxygen atoms in total. The van der Waals surface area contributed by atoms with Gasteiger partial charge in [-0.05, 0) is 79.2 Å². The number of rotatable bonds is 9. The van der Waals surface area contributed by atoms with Gasteiger partial charge in [-0.15, -0.1) is 0 Å². The number of fused-ring (bicyclic) bond motifs is 2. The molecule has 40 heavy (non-hydrogen) atoms. The molecule has 0 saturated heterocycles. The molecule has 0 saturated carbocycles. The van der Waals surface area contributed by atoms with Crippen molar-refractivity contribution in [2.24, 2.45) is 5.41 Å². The maximum absolute atomic E-state index is 3.36. The Balaban J connectivity index is 0.00000216. The van der Waals surface area contributed by atoms with Gasteiger partial charge in [-0.2, -0.15) is 0 Å². The second-order valence-electron chi connectivity index (χ2n) is 11.3. The van der Waals surface area contributed by atoms with E-state index in [0.29, 0.717) is 0 Å². The molecule has 0 amide bonds. The Morgan fingerprint density at radius 2 is 1.20 bits per heavy atom. The van der Waals surface area contributed by atoms with Crippen LogP contribution in [0.25, 0.3) is 21.5 Å². The minimum atomic E-state index is -0.0150. The molecule has 0 radical (unpaired) electrons. The van der Waals surface area contributed by atoms with E-state index in [9.17, 15) is 0 Å². The van der Waals surface area contributed by atoms with E-state index in [1.807, 2.05) is 13.8 Å². The number of allylic oxidation sites excluding steroid dienone is 1. The summed E-state index contributed by atoms with van der Waals surface area (Å²) in [4.78, 5) is 4.73. The van der Waals surface area contributed by atoms with Crippen LogP contribution in [0.15, 0.2) is 109 Å². The molecule has 0 N–H and O–H groups in total. The molecule has 0 fully saturated rings. The van der Waals surface area contributed by atoms with Gasteiger partial charge in [-0.25, -0.2) is 0 Å². The standard InChI is InChI=1S/C36H40N2.C2H6/c1-36(2,3)24-12-14-29(26-38(5)28-33-21-11-19-31-17-7-9-23-35(31)33)15-13-25-37(4)27-32-20-10-18-30-16-6-8-22-34(30)32;1-2/h6-11,13-23H,25-28H2,1-5H3;1-2H3/b15-13+,29-14+;. The molecular formula is C38H46N2. The summed E-state index contributed by atoms with van der Waals surface area (Å²) in [6.45, 7) is 14.0. The maximum atomic E-state index is 3.36. The van der Waals surface area contributed by atoms with E-state index in [1.165, 1.54) is 38.2 Å². The highest BCUT2D eigenvalue weighted by atomic mass is 15.1. The highest BCUT2D eigenvalue weighted by molar-refractivity contribution is 5.86. The van der Waals surface area contributed by atoms with Crippen LogP contribution in [0.5, 0.6) is 0 Å². The first-order valence-corrected chi connectivity index (χ1v) is 14.5. The minimum Gasteiger partial charge on any atom is -0.298 e. The van der Waals surface area contributed by atoms with Gasteiger partial charge in [0.05, 0.1) is 0 Å². The Bertz CT molecular complexity index is 1480. The lowest BCUT2D eigenvalue weighted by atomic mass is 9.98. The van der Waals surface area contributed by atoms with Gasteiger partial charge in [0.15, 0.2) is 0 Å². The second kappa shape index (κ2) is 15.2. The maximum Gasteiger partial charge on any atom is 0.0240 e. The number of likely N-dealkylation sites (N-methyl/N-ethyl adjacent to an activating group) is 2. The van der Waals surface area contributed by atoms with Crippen LogP contribution < -0.4 is 0 Å². The smallest absolute Gasteiger partial charge is 0.0240 e. The van der Waals surface area contributed by atoms with E-state index in [2.05, 4.69) is 160 Å². The Labute approximate surface area is 243 Å². The van der Waals surface area contributed by atoms with E-state index < -0.39 is 0 Å². The number of hydrogen-bond donors (Lipinski definition) is 0. The van der Waals surface area contributed by atoms with Crippen LogP contribution in [0, 0.1) is 17.3 Å². The quantitative estimate of drug-likeness (QED) is 0.157. The number of benzene rings is 4. The minimum absolute atomic E-state index is 0.0150. The molecule has 0 bridgehead atoms. The van der Waals surface area contributed by atoms with Crippen molar-refractivity contribution < 1.29 is 0 Å². The molecule has 4 aromatic rings. The Morgan fingerprint density at radius 3 is 1.75 bits per heavy atom. The van der Waals surface area contributed by atoms with E-state index in [1.54, 1.807) is 0 Å². The van der Waals surface area contributed by atoms with Gasteiger partial charge in [0.1, 0.15) is 0 Å². The van der Waals surface area contributed by atoms with Gasteiger partial charge in [0.25, 0.3) is 0 Å². The first-order chi connectivity index (χ1) is 19.3. The van der Waals surface area contributed by atoms with Crippen molar-refractivity contribution in [3.8, 4) is 11.8 Å². The first-order valence-electron chi connectivity index (χ1n) is 14.5. The fourth-order valence-electron chi connectivity index (χ4n) is 4.75. The summed E-state index contributed by atoms with van der Waals surface area (Å²) >= 11 is 0. The van der Waals surface area contributed by atoms with Gasteiger partial charge >= 0.3 is 0 Å². The molecule has 0 aliphatic heterocycles. The summed E-state index contributed by atoms with van der Waals surface area (Å²) in [6, 6.07) is 30.4. The van der Waals surface area contributed by atoms with Gasteiger partial charge in [-0.3, -0.25) is 9.80 Å². The van der Waals surface area contributed by atoms with Crippen molar-refractivity contribution in [1.82, 2.24) is 9.80 Å². The third-order valence-electron chi connectivity index (χ3n) is 6.55. The molecule has 4 aromatic carbocycles. The first kappa shape index (κ1) is 30.9. The zero-order valence-corrected chi connectivity index (χ0v) is 25.5. The predicted molar refractivity (Wildman–Crippen MR) is 176 cm³/mol. The zero-order chi connectivity index (χ0) is 29.0. The van der Waals surface area contributed by atoms with Gasteiger partial charge < -0.3 is 0 Å². The van der Waals surface area contributed by atoms with Crippen LogP contribution in [0.1, 0.15) is 45.7 Å². The Morgan fingerprint density at radius 1 is 0.700 bits per heavy atom.